The quantitative estimate of drug-likeness (QED) is 0.788. The van der Waals surface area contributed by atoms with Crippen molar-refractivity contribution in [2.75, 3.05) is 18.6 Å². The van der Waals surface area contributed by atoms with Crippen LogP contribution in [-0.2, 0) is 22.9 Å². The molecule has 0 aliphatic heterocycles. The van der Waals surface area contributed by atoms with Crippen molar-refractivity contribution >= 4 is 10.8 Å². The highest BCUT2D eigenvalue weighted by molar-refractivity contribution is 7.84. The van der Waals surface area contributed by atoms with Gasteiger partial charge in [0, 0.05) is 47.7 Å². The highest BCUT2D eigenvalue weighted by Crippen LogP contribution is 2.12. The van der Waals surface area contributed by atoms with Gasteiger partial charge in [-0.25, -0.2) is 0 Å². The molecule has 0 bridgehead atoms. The molecule has 1 atom stereocenters. The maximum atomic E-state index is 10.8. The van der Waals surface area contributed by atoms with Crippen molar-refractivity contribution in [1.29, 1.82) is 0 Å². The van der Waals surface area contributed by atoms with Gasteiger partial charge in [0.15, 0.2) is 0 Å². The molecule has 1 aromatic rings. The second-order valence-electron chi connectivity index (χ2n) is 4.92. The van der Waals surface area contributed by atoms with Crippen LogP contribution >= 0.6 is 0 Å². The summed E-state index contributed by atoms with van der Waals surface area (Å²) in [5, 5.41) is 7.57. The molecule has 1 rings (SSSR count). The second-order valence-corrected chi connectivity index (χ2v) is 6.47. The van der Waals surface area contributed by atoms with Gasteiger partial charge in [-0.2, -0.15) is 5.10 Å². The van der Waals surface area contributed by atoms with Crippen LogP contribution in [0.1, 0.15) is 26.3 Å². The van der Waals surface area contributed by atoms with Gasteiger partial charge < -0.3 is 5.32 Å². The van der Waals surface area contributed by atoms with E-state index in [1.807, 2.05) is 10.9 Å². The molecule has 0 saturated heterocycles. The van der Waals surface area contributed by atoms with Crippen molar-refractivity contribution in [3.63, 3.8) is 0 Å². The smallest absolute Gasteiger partial charge is 0.0543 e. The summed E-state index contributed by atoms with van der Waals surface area (Å²) in [6.07, 6.45) is 5.65. The molecule has 0 aliphatic rings. The third-order valence-corrected chi connectivity index (χ3v) is 3.00. The van der Waals surface area contributed by atoms with Gasteiger partial charge in [0.25, 0.3) is 0 Å². The Balaban J connectivity index is 2.38. The molecule has 0 saturated carbocycles. The monoisotopic (exact) mass is 243 g/mol. The summed E-state index contributed by atoms with van der Waals surface area (Å²) < 4.78 is 12.8. The fourth-order valence-corrected chi connectivity index (χ4v) is 1.70. The first kappa shape index (κ1) is 13.4. The first-order valence-corrected chi connectivity index (χ1v) is 7.17. The van der Waals surface area contributed by atoms with E-state index in [4.69, 9.17) is 0 Å². The van der Waals surface area contributed by atoms with Gasteiger partial charge in [-0.1, -0.05) is 0 Å². The van der Waals surface area contributed by atoms with E-state index >= 15 is 0 Å². The van der Waals surface area contributed by atoms with E-state index in [1.54, 1.807) is 6.26 Å². The van der Waals surface area contributed by atoms with Crippen LogP contribution < -0.4 is 5.32 Å². The Morgan fingerprint density at radius 1 is 1.50 bits per heavy atom. The van der Waals surface area contributed by atoms with Gasteiger partial charge >= 0.3 is 0 Å². The summed E-state index contributed by atoms with van der Waals surface area (Å²) in [6.45, 7) is 7.93. The summed E-state index contributed by atoms with van der Waals surface area (Å²) in [5.74, 6) is 0.702. The van der Waals surface area contributed by atoms with Crippen molar-refractivity contribution in [3.8, 4) is 0 Å². The van der Waals surface area contributed by atoms with E-state index in [2.05, 4.69) is 37.4 Å². The molecule has 5 heteroatoms. The number of hydrogen-bond acceptors (Lipinski definition) is 3. The lowest BCUT2D eigenvalue weighted by atomic mass is 10.1. The maximum absolute atomic E-state index is 10.8. The third kappa shape index (κ3) is 4.45. The summed E-state index contributed by atoms with van der Waals surface area (Å²) in [7, 11) is -0.716. The van der Waals surface area contributed by atoms with E-state index in [0.717, 1.165) is 18.7 Å². The van der Waals surface area contributed by atoms with Crippen molar-refractivity contribution in [2.24, 2.45) is 0 Å². The zero-order chi connectivity index (χ0) is 12.2. The Labute approximate surface area is 99.9 Å². The molecule has 0 fully saturated rings. The average molecular weight is 243 g/mol. The molecule has 0 amide bonds. The largest absolute Gasteiger partial charge is 0.312 e. The molecule has 1 aromatic heterocycles. The maximum Gasteiger partial charge on any atom is 0.0543 e. The van der Waals surface area contributed by atoms with E-state index < -0.39 is 10.8 Å². The molecular weight excluding hydrogens is 222 g/mol. The standard InChI is InChI=1S/C11H21N3OS/c1-11(2,3)14-9-10(8-13-14)7-12-5-6-16(4)15/h8-9,12H,5-7H2,1-4H3. The van der Waals surface area contributed by atoms with Crippen molar-refractivity contribution in [1.82, 2.24) is 15.1 Å². The number of rotatable bonds is 5. The second kappa shape index (κ2) is 5.59. The van der Waals surface area contributed by atoms with Crippen molar-refractivity contribution in [2.45, 2.75) is 32.9 Å². The van der Waals surface area contributed by atoms with Crippen molar-refractivity contribution < 1.29 is 4.21 Å². The van der Waals surface area contributed by atoms with E-state index in [9.17, 15) is 4.21 Å². The minimum Gasteiger partial charge on any atom is -0.312 e. The van der Waals surface area contributed by atoms with Gasteiger partial charge in [0.2, 0.25) is 0 Å². The number of nitrogens with one attached hydrogen (secondary N) is 1. The molecule has 0 aromatic carbocycles. The van der Waals surface area contributed by atoms with Gasteiger partial charge in [0.05, 0.1) is 11.7 Å². The molecule has 0 radical (unpaired) electrons. The lowest BCUT2D eigenvalue weighted by molar-refractivity contribution is 0.355. The van der Waals surface area contributed by atoms with Crippen LogP contribution in [0.4, 0.5) is 0 Å². The van der Waals surface area contributed by atoms with E-state index in [1.165, 1.54) is 0 Å². The molecule has 16 heavy (non-hydrogen) atoms. The normalized spacial score (nSPS) is 14.0. The van der Waals surface area contributed by atoms with Crippen LogP contribution in [0.2, 0.25) is 0 Å². The first-order valence-electron chi connectivity index (χ1n) is 5.44. The van der Waals surface area contributed by atoms with Gasteiger partial charge in [-0.05, 0) is 20.8 Å². The molecule has 92 valence electrons. The number of nitrogens with zero attached hydrogens (tertiary/aromatic N) is 2. The predicted molar refractivity (Wildman–Crippen MR) is 67.9 cm³/mol. The van der Waals surface area contributed by atoms with Crippen LogP contribution in [0, 0.1) is 0 Å². The SMILES string of the molecule is CS(=O)CCNCc1cnn(C(C)(C)C)c1. The Bertz CT molecular complexity index is 354. The Morgan fingerprint density at radius 3 is 2.69 bits per heavy atom. The lowest BCUT2D eigenvalue weighted by Gasteiger charge is -2.18. The third-order valence-electron chi connectivity index (χ3n) is 2.22. The van der Waals surface area contributed by atoms with Gasteiger partial charge in [0.1, 0.15) is 0 Å². The molecular formula is C11H21N3OS. The van der Waals surface area contributed by atoms with E-state index in [0.29, 0.717) is 5.75 Å². The van der Waals surface area contributed by atoms with Gasteiger partial charge in [-0.15, -0.1) is 0 Å². The fraction of sp³-hybridized carbons (Fsp3) is 0.727. The van der Waals surface area contributed by atoms with Gasteiger partial charge in [-0.3, -0.25) is 8.89 Å². The molecule has 1 heterocycles. The molecule has 4 nitrogen and oxygen atoms in total. The Morgan fingerprint density at radius 2 is 2.19 bits per heavy atom. The molecule has 0 aliphatic carbocycles. The summed E-state index contributed by atoms with van der Waals surface area (Å²) >= 11 is 0. The zero-order valence-corrected chi connectivity index (χ0v) is 11.3. The summed E-state index contributed by atoms with van der Waals surface area (Å²) in [4.78, 5) is 0. The highest BCUT2D eigenvalue weighted by Gasteiger charge is 2.13. The molecule has 1 N–H and O–H groups in total. The topological polar surface area (TPSA) is 46.9 Å². The first-order chi connectivity index (χ1) is 7.39. The minimum absolute atomic E-state index is 0.0309. The van der Waals surface area contributed by atoms with Crippen LogP contribution in [-0.4, -0.2) is 32.5 Å². The Hall–Kier alpha value is -0.680. The molecule has 0 spiro atoms. The van der Waals surface area contributed by atoms with Crippen LogP contribution in [0.15, 0.2) is 12.4 Å². The number of aromatic nitrogens is 2. The zero-order valence-electron chi connectivity index (χ0n) is 10.5. The molecule has 1 unspecified atom stereocenters. The summed E-state index contributed by atoms with van der Waals surface area (Å²) in [6, 6.07) is 0. The average Bonchev–Trinajstić information content (AvgIpc) is 2.59. The van der Waals surface area contributed by atoms with Crippen LogP contribution in [0.5, 0.6) is 0 Å². The number of hydrogen-bond donors (Lipinski definition) is 1. The Kier molecular flexibility index (Phi) is 4.68. The van der Waals surface area contributed by atoms with Crippen molar-refractivity contribution in [3.05, 3.63) is 18.0 Å². The van der Waals surface area contributed by atoms with Crippen LogP contribution in [0.3, 0.4) is 0 Å². The fourth-order valence-electron chi connectivity index (χ4n) is 1.27. The lowest BCUT2D eigenvalue weighted by Crippen LogP contribution is -2.22. The van der Waals surface area contributed by atoms with E-state index in [-0.39, 0.29) is 5.54 Å². The highest BCUT2D eigenvalue weighted by atomic mass is 32.2. The van der Waals surface area contributed by atoms with Crippen LogP contribution in [0.25, 0.3) is 0 Å². The summed E-state index contributed by atoms with van der Waals surface area (Å²) in [5.41, 5.74) is 1.19. The minimum atomic E-state index is -0.716. The predicted octanol–water partition coefficient (Wildman–Crippen LogP) is 1.11.